The molecule has 4 nitrogen and oxygen atoms in total. The van der Waals surface area contributed by atoms with E-state index in [0.717, 1.165) is 11.6 Å². The summed E-state index contributed by atoms with van der Waals surface area (Å²) in [6, 6.07) is 12.1. The normalized spacial score (nSPS) is 12.9. The largest absolute Gasteiger partial charge is 0.313 e. The summed E-state index contributed by atoms with van der Waals surface area (Å²) in [5.74, 6) is -0.587. The Hall–Kier alpha value is -1.92. The van der Waals surface area contributed by atoms with E-state index in [1.165, 1.54) is 18.2 Å². The van der Waals surface area contributed by atoms with E-state index in [1.54, 1.807) is 12.1 Å². The smallest absolute Gasteiger partial charge is 0.261 e. The Morgan fingerprint density at radius 1 is 1.10 bits per heavy atom. The summed E-state index contributed by atoms with van der Waals surface area (Å²) >= 11 is 0. The molecule has 0 fully saturated rings. The Morgan fingerprint density at radius 2 is 1.76 bits per heavy atom. The van der Waals surface area contributed by atoms with Crippen molar-refractivity contribution in [3.05, 3.63) is 59.9 Å². The van der Waals surface area contributed by atoms with Crippen LogP contribution in [0.15, 0.2) is 53.4 Å². The molecule has 0 aliphatic heterocycles. The third-order valence-corrected chi connectivity index (χ3v) is 4.58. The highest BCUT2D eigenvalue weighted by Crippen LogP contribution is 2.19. The first-order valence-electron chi connectivity index (χ1n) is 6.48. The monoisotopic (exact) mass is 308 g/mol. The molecule has 0 saturated carbocycles. The standard InChI is InChI=1S/C15H17FN2O2S/c1-11(17-2)12-6-8-14(9-7-12)18-21(19,20)15-5-3-4-13(16)10-15/h3-11,17-18H,1-2H3. The summed E-state index contributed by atoms with van der Waals surface area (Å²) in [5.41, 5.74) is 1.48. The maximum Gasteiger partial charge on any atom is 0.261 e. The number of sulfonamides is 1. The van der Waals surface area contributed by atoms with Crippen LogP contribution < -0.4 is 10.0 Å². The lowest BCUT2D eigenvalue weighted by atomic mass is 10.1. The SMILES string of the molecule is CNC(C)c1ccc(NS(=O)(=O)c2cccc(F)c2)cc1. The van der Waals surface area contributed by atoms with Gasteiger partial charge in [-0.2, -0.15) is 0 Å². The molecule has 2 aromatic rings. The molecule has 0 aliphatic carbocycles. The minimum absolute atomic E-state index is 0.102. The van der Waals surface area contributed by atoms with Gasteiger partial charge in [0.05, 0.1) is 4.90 Å². The molecule has 1 atom stereocenters. The lowest BCUT2D eigenvalue weighted by molar-refractivity contribution is 0.595. The number of nitrogens with one attached hydrogen (secondary N) is 2. The van der Waals surface area contributed by atoms with Gasteiger partial charge in [-0.25, -0.2) is 12.8 Å². The number of hydrogen-bond donors (Lipinski definition) is 2. The number of benzene rings is 2. The van der Waals surface area contributed by atoms with Gasteiger partial charge in [0.2, 0.25) is 0 Å². The molecule has 2 rings (SSSR count). The van der Waals surface area contributed by atoms with Crippen molar-refractivity contribution < 1.29 is 12.8 Å². The maximum absolute atomic E-state index is 13.1. The maximum atomic E-state index is 13.1. The van der Waals surface area contributed by atoms with Gasteiger partial charge < -0.3 is 5.32 Å². The minimum Gasteiger partial charge on any atom is -0.313 e. The minimum atomic E-state index is -3.78. The first-order valence-corrected chi connectivity index (χ1v) is 7.96. The molecule has 0 aliphatic rings. The van der Waals surface area contributed by atoms with E-state index in [9.17, 15) is 12.8 Å². The highest BCUT2D eigenvalue weighted by atomic mass is 32.2. The third kappa shape index (κ3) is 3.80. The fraction of sp³-hybridized carbons (Fsp3) is 0.200. The van der Waals surface area contributed by atoms with E-state index >= 15 is 0 Å². The van der Waals surface area contributed by atoms with Crippen LogP contribution in [-0.4, -0.2) is 15.5 Å². The molecule has 0 bridgehead atoms. The molecule has 2 N–H and O–H groups in total. The molecule has 112 valence electrons. The van der Waals surface area contributed by atoms with Gasteiger partial charge in [0, 0.05) is 11.7 Å². The highest BCUT2D eigenvalue weighted by Gasteiger charge is 2.14. The molecular weight excluding hydrogens is 291 g/mol. The molecule has 21 heavy (non-hydrogen) atoms. The van der Waals surface area contributed by atoms with E-state index in [0.29, 0.717) is 5.69 Å². The first-order chi connectivity index (χ1) is 9.92. The lowest BCUT2D eigenvalue weighted by Gasteiger charge is -2.12. The van der Waals surface area contributed by atoms with Gasteiger partial charge >= 0.3 is 0 Å². The number of hydrogen-bond acceptors (Lipinski definition) is 3. The van der Waals surface area contributed by atoms with Gasteiger partial charge in [-0.15, -0.1) is 0 Å². The molecule has 1 unspecified atom stereocenters. The van der Waals surface area contributed by atoms with Gasteiger partial charge in [0.15, 0.2) is 0 Å². The van der Waals surface area contributed by atoms with E-state index in [4.69, 9.17) is 0 Å². The molecule has 6 heteroatoms. The van der Waals surface area contributed by atoms with E-state index in [-0.39, 0.29) is 10.9 Å². The summed E-state index contributed by atoms with van der Waals surface area (Å²) in [7, 11) is -1.93. The second-order valence-electron chi connectivity index (χ2n) is 4.70. The number of anilines is 1. The van der Waals surface area contributed by atoms with Crippen molar-refractivity contribution in [2.45, 2.75) is 17.9 Å². The predicted octanol–water partition coefficient (Wildman–Crippen LogP) is 2.91. The van der Waals surface area contributed by atoms with Crippen LogP contribution in [0.4, 0.5) is 10.1 Å². The van der Waals surface area contributed by atoms with Gasteiger partial charge in [-0.3, -0.25) is 4.72 Å². The number of halogens is 1. The van der Waals surface area contributed by atoms with Crippen LogP contribution in [0, 0.1) is 5.82 Å². The van der Waals surface area contributed by atoms with Crippen molar-refractivity contribution in [3.63, 3.8) is 0 Å². The first kappa shape index (κ1) is 15.5. The quantitative estimate of drug-likeness (QED) is 0.893. The zero-order valence-corrected chi connectivity index (χ0v) is 12.6. The Bertz CT molecular complexity index is 715. The van der Waals surface area contributed by atoms with Gasteiger partial charge in [0.25, 0.3) is 10.0 Å². The third-order valence-electron chi connectivity index (χ3n) is 3.20. The summed E-state index contributed by atoms with van der Waals surface area (Å²) < 4.78 is 39.8. The van der Waals surface area contributed by atoms with Crippen LogP contribution in [0.5, 0.6) is 0 Å². The van der Waals surface area contributed by atoms with Gasteiger partial charge in [-0.05, 0) is 49.9 Å². The topological polar surface area (TPSA) is 58.2 Å². The molecule has 0 heterocycles. The average Bonchev–Trinajstić information content (AvgIpc) is 2.47. The van der Waals surface area contributed by atoms with Crippen molar-refractivity contribution >= 4 is 15.7 Å². The van der Waals surface area contributed by atoms with Crippen LogP contribution >= 0.6 is 0 Å². The van der Waals surface area contributed by atoms with Crippen LogP contribution in [-0.2, 0) is 10.0 Å². The molecule has 0 radical (unpaired) electrons. The van der Waals surface area contributed by atoms with Crippen molar-refractivity contribution in [2.24, 2.45) is 0 Å². The van der Waals surface area contributed by atoms with E-state index in [2.05, 4.69) is 10.0 Å². The lowest BCUT2D eigenvalue weighted by Crippen LogP contribution is -2.14. The van der Waals surface area contributed by atoms with Crippen molar-refractivity contribution in [1.29, 1.82) is 0 Å². The molecule has 2 aromatic carbocycles. The van der Waals surface area contributed by atoms with Crippen molar-refractivity contribution in [3.8, 4) is 0 Å². The fourth-order valence-corrected chi connectivity index (χ4v) is 2.94. The average molecular weight is 308 g/mol. The zero-order chi connectivity index (χ0) is 15.5. The Kier molecular flexibility index (Phi) is 4.59. The zero-order valence-electron chi connectivity index (χ0n) is 11.8. The second-order valence-corrected chi connectivity index (χ2v) is 6.38. The van der Waals surface area contributed by atoms with Crippen LogP contribution in [0.25, 0.3) is 0 Å². The summed E-state index contributed by atoms with van der Waals surface area (Å²) in [4.78, 5) is -0.102. The van der Waals surface area contributed by atoms with Gasteiger partial charge in [-0.1, -0.05) is 18.2 Å². The van der Waals surface area contributed by atoms with E-state index < -0.39 is 15.8 Å². The van der Waals surface area contributed by atoms with Crippen molar-refractivity contribution in [1.82, 2.24) is 5.32 Å². The Labute approximate surface area is 124 Å². The Morgan fingerprint density at radius 3 is 2.33 bits per heavy atom. The van der Waals surface area contributed by atoms with Crippen molar-refractivity contribution in [2.75, 3.05) is 11.8 Å². The highest BCUT2D eigenvalue weighted by molar-refractivity contribution is 7.92. The molecule has 0 saturated heterocycles. The van der Waals surface area contributed by atoms with E-state index in [1.807, 2.05) is 26.1 Å². The van der Waals surface area contributed by atoms with Crippen LogP contribution in [0.1, 0.15) is 18.5 Å². The van der Waals surface area contributed by atoms with Crippen LogP contribution in [0.3, 0.4) is 0 Å². The second kappa shape index (κ2) is 6.24. The Balaban J connectivity index is 2.21. The molecule has 0 aromatic heterocycles. The molecule has 0 spiro atoms. The molecular formula is C15H17FN2O2S. The summed E-state index contributed by atoms with van der Waals surface area (Å²) in [6.45, 7) is 2.01. The molecule has 0 amide bonds. The predicted molar refractivity (Wildman–Crippen MR) is 81.1 cm³/mol. The summed E-state index contributed by atoms with van der Waals surface area (Å²) in [5, 5.41) is 3.10. The van der Waals surface area contributed by atoms with Gasteiger partial charge in [0.1, 0.15) is 5.82 Å². The number of rotatable bonds is 5. The van der Waals surface area contributed by atoms with Crippen LogP contribution in [0.2, 0.25) is 0 Å². The summed E-state index contributed by atoms with van der Waals surface area (Å²) in [6.07, 6.45) is 0. The fourth-order valence-electron chi connectivity index (χ4n) is 1.85.